The molecule has 0 spiro atoms. The van der Waals surface area contributed by atoms with Crippen molar-refractivity contribution in [3.63, 3.8) is 0 Å². The molecule has 0 amide bonds. The molecule has 1 fully saturated rings. The van der Waals surface area contributed by atoms with Crippen LogP contribution in [0.25, 0.3) is 21.6 Å². The number of carbonyl (C=O) groups is 1. The summed E-state index contributed by atoms with van der Waals surface area (Å²) in [5.41, 5.74) is 3.24. The van der Waals surface area contributed by atoms with Crippen LogP contribution < -0.4 is 5.43 Å². The first-order valence-electron chi connectivity index (χ1n) is 9.93. The van der Waals surface area contributed by atoms with Crippen LogP contribution in [0, 0.1) is 6.92 Å². The van der Waals surface area contributed by atoms with Crippen LogP contribution in [0.4, 0.5) is 0 Å². The fourth-order valence-corrected chi connectivity index (χ4v) is 5.45. The molecule has 1 N–H and O–H groups in total. The standard InChI is InChI=1S/C22H22N2O4S/c1-11-8-14-19(26)15(22(27)28-2)10-24(13-6-7-13)21(14)23-18(11)17-9-12-4-3-5-16(25)20(12)29-17/h8-10,13,16,25H,3-7H2,1-2H3. The second-order valence-corrected chi connectivity index (χ2v) is 9.02. The van der Waals surface area contributed by atoms with Crippen molar-refractivity contribution in [2.24, 2.45) is 0 Å². The molecule has 0 aliphatic heterocycles. The molecule has 150 valence electrons. The second-order valence-electron chi connectivity index (χ2n) is 7.94. The van der Waals surface area contributed by atoms with Crippen molar-refractivity contribution >= 4 is 28.3 Å². The molecule has 5 rings (SSSR count). The van der Waals surface area contributed by atoms with E-state index in [1.54, 1.807) is 17.5 Å². The maximum absolute atomic E-state index is 12.9. The van der Waals surface area contributed by atoms with Crippen LogP contribution in [0.5, 0.6) is 0 Å². The number of aryl methyl sites for hydroxylation is 2. The van der Waals surface area contributed by atoms with Crippen LogP contribution in [0.1, 0.15) is 64.2 Å². The van der Waals surface area contributed by atoms with Gasteiger partial charge < -0.3 is 14.4 Å². The Morgan fingerprint density at radius 3 is 2.79 bits per heavy atom. The van der Waals surface area contributed by atoms with Crippen LogP contribution in [0.15, 0.2) is 23.1 Å². The maximum atomic E-state index is 12.9. The molecule has 2 aliphatic rings. The van der Waals surface area contributed by atoms with Crippen molar-refractivity contribution in [1.82, 2.24) is 9.55 Å². The number of aliphatic hydroxyl groups excluding tert-OH is 1. The number of hydrogen-bond donors (Lipinski definition) is 1. The lowest BCUT2D eigenvalue weighted by Gasteiger charge is -2.16. The molecule has 0 bridgehead atoms. The van der Waals surface area contributed by atoms with Crippen molar-refractivity contribution in [2.75, 3.05) is 7.11 Å². The minimum atomic E-state index is -0.618. The largest absolute Gasteiger partial charge is 0.465 e. The van der Waals surface area contributed by atoms with Crippen LogP contribution in [-0.2, 0) is 11.2 Å². The Morgan fingerprint density at radius 2 is 2.10 bits per heavy atom. The Bertz CT molecular complexity index is 1210. The zero-order valence-corrected chi connectivity index (χ0v) is 17.2. The Kier molecular flexibility index (Phi) is 4.33. The third-order valence-corrected chi connectivity index (χ3v) is 7.13. The zero-order valence-electron chi connectivity index (χ0n) is 16.4. The van der Waals surface area contributed by atoms with Gasteiger partial charge in [-0.15, -0.1) is 11.3 Å². The monoisotopic (exact) mass is 410 g/mol. The highest BCUT2D eigenvalue weighted by Gasteiger charge is 2.29. The predicted molar refractivity (Wildman–Crippen MR) is 112 cm³/mol. The quantitative estimate of drug-likeness (QED) is 0.662. The van der Waals surface area contributed by atoms with Gasteiger partial charge in [-0.05, 0) is 62.3 Å². The molecule has 3 aromatic heterocycles. The van der Waals surface area contributed by atoms with Gasteiger partial charge in [-0.25, -0.2) is 9.78 Å². The number of aromatic nitrogens is 2. The Morgan fingerprint density at radius 1 is 1.31 bits per heavy atom. The molecule has 29 heavy (non-hydrogen) atoms. The number of ether oxygens (including phenoxy) is 1. The summed E-state index contributed by atoms with van der Waals surface area (Å²) in [5, 5.41) is 10.8. The highest BCUT2D eigenvalue weighted by Crippen LogP contribution is 2.42. The van der Waals surface area contributed by atoms with Gasteiger partial charge in [0.25, 0.3) is 0 Å². The molecular formula is C22H22N2O4S. The number of nitrogens with zero attached hydrogens (tertiary/aromatic N) is 2. The highest BCUT2D eigenvalue weighted by atomic mass is 32.1. The first kappa shape index (κ1) is 18.5. The zero-order chi connectivity index (χ0) is 20.3. The van der Waals surface area contributed by atoms with E-state index in [9.17, 15) is 14.7 Å². The van der Waals surface area contributed by atoms with Crippen molar-refractivity contribution in [2.45, 2.75) is 51.2 Å². The molecule has 1 atom stereocenters. The van der Waals surface area contributed by atoms with E-state index in [1.807, 2.05) is 17.6 Å². The van der Waals surface area contributed by atoms with Crippen molar-refractivity contribution in [1.29, 1.82) is 0 Å². The summed E-state index contributed by atoms with van der Waals surface area (Å²) in [6.45, 7) is 1.93. The normalized spacial score (nSPS) is 18.7. The Labute approximate surface area is 171 Å². The van der Waals surface area contributed by atoms with Gasteiger partial charge in [0.2, 0.25) is 5.43 Å². The van der Waals surface area contributed by atoms with Crippen molar-refractivity contribution in [3.05, 3.63) is 50.1 Å². The van der Waals surface area contributed by atoms with Gasteiger partial charge in [0.1, 0.15) is 11.2 Å². The predicted octanol–water partition coefficient (Wildman–Crippen LogP) is 3.92. The van der Waals surface area contributed by atoms with Crippen molar-refractivity contribution < 1.29 is 14.6 Å². The third kappa shape index (κ3) is 3.00. The lowest BCUT2D eigenvalue weighted by Crippen LogP contribution is -2.20. The molecule has 3 heterocycles. The second kappa shape index (κ2) is 6.78. The SMILES string of the molecule is COC(=O)c1cn(C2CC2)c2nc(-c3cc4c(s3)C(O)CCC4)c(C)cc2c1=O. The van der Waals surface area contributed by atoms with E-state index >= 15 is 0 Å². The number of esters is 1. The van der Waals surface area contributed by atoms with Gasteiger partial charge in [-0.2, -0.15) is 0 Å². The van der Waals surface area contributed by atoms with E-state index in [0.29, 0.717) is 11.0 Å². The highest BCUT2D eigenvalue weighted by molar-refractivity contribution is 7.15. The lowest BCUT2D eigenvalue weighted by molar-refractivity contribution is 0.0598. The summed E-state index contributed by atoms with van der Waals surface area (Å²) in [6.07, 6.45) is 5.98. The summed E-state index contributed by atoms with van der Waals surface area (Å²) < 4.78 is 6.76. The van der Waals surface area contributed by atoms with Gasteiger partial charge in [0.15, 0.2) is 0 Å². The summed E-state index contributed by atoms with van der Waals surface area (Å²) in [6, 6.07) is 4.22. The van der Waals surface area contributed by atoms with Gasteiger partial charge in [-0.3, -0.25) is 4.79 Å². The molecule has 0 saturated heterocycles. The van der Waals surface area contributed by atoms with E-state index in [4.69, 9.17) is 9.72 Å². The van der Waals surface area contributed by atoms with E-state index in [0.717, 1.165) is 53.1 Å². The van der Waals surface area contributed by atoms with Crippen LogP contribution in [0.2, 0.25) is 0 Å². The molecule has 6 nitrogen and oxygen atoms in total. The number of methoxy groups -OCH3 is 1. The Hall–Kier alpha value is -2.51. The summed E-state index contributed by atoms with van der Waals surface area (Å²) in [5.74, 6) is -0.618. The molecule has 2 aliphatic carbocycles. The minimum Gasteiger partial charge on any atom is -0.465 e. The first-order chi connectivity index (χ1) is 14.0. The Balaban J connectivity index is 1.73. The third-order valence-electron chi connectivity index (χ3n) is 5.84. The number of hydrogen-bond acceptors (Lipinski definition) is 6. The molecular weight excluding hydrogens is 388 g/mol. The topological polar surface area (TPSA) is 81.4 Å². The lowest BCUT2D eigenvalue weighted by atomic mass is 9.96. The number of fused-ring (bicyclic) bond motifs is 2. The number of aliphatic hydroxyl groups is 1. The first-order valence-corrected chi connectivity index (χ1v) is 10.8. The average Bonchev–Trinajstić information content (AvgIpc) is 3.46. The van der Waals surface area contributed by atoms with E-state index < -0.39 is 12.1 Å². The van der Waals surface area contributed by atoms with E-state index in [2.05, 4.69) is 6.07 Å². The molecule has 0 aromatic carbocycles. The molecule has 7 heteroatoms. The van der Waals surface area contributed by atoms with Gasteiger partial charge in [0.05, 0.1) is 29.2 Å². The van der Waals surface area contributed by atoms with Gasteiger partial charge >= 0.3 is 5.97 Å². The summed E-state index contributed by atoms with van der Waals surface area (Å²) in [7, 11) is 1.28. The van der Waals surface area contributed by atoms with Gasteiger partial charge in [-0.1, -0.05) is 0 Å². The molecule has 0 radical (unpaired) electrons. The van der Waals surface area contributed by atoms with E-state index in [-0.39, 0.29) is 17.0 Å². The summed E-state index contributed by atoms with van der Waals surface area (Å²) >= 11 is 1.59. The van der Waals surface area contributed by atoms with E-state index in [1.165, 1.54) is 12.7 Å². The fourth-order valence-electron chi connectivity index (χ4n) is 4.16. The van der Waals surface area contributed by atoms with Crippen LogP contribution in [-0.4, -0.2) is 27.7 Å². The minimum absolute atomic E-state index is 0.0514. The summed E-state index contributed by atoms with van der Waals surface area (Å²) in [4.78, 5) is 32.0. The van der Waals surface area contributed by atoms with Crippen LogP contribution >= 0.6 is 11.3 Å². The maximum Gasteiger partial charge on any atom is 0.343 e. The molecule has 3 aromatic rings. The molecule has 1 unspecified atom stereocenters. The molecule has 1 saturated carbocycles. The number of carbonyl (C=O) groups excluding carboxylic acids is 1. The average molecular weight is 410 g/mol. The number of rotatable bonds is 3. The number of thiophene rings is 1. The van der Waals surface area contributed by atoms with Crippen molar-refractivity contribution in [3.8, 4) is 10.6 Å². The fraction of sp³-hybridized carbons (Fsp3) is 0.409. The smallest absolute Gasteiger partial charge is 0.343 e. The van der Waals surface area contributed by atoms with Gasteiger partial charge in [0, 0.05) is 17.1 Å². The van der Waals surface area contributed by atoms with Crippen LogP contribution in [0.3, 0.4) is 0 Å². The number of pyridine rings is 2.